The van der Waals surface area contributed by atoms with Gasteiger partial charge in [0.05, 0.1) is 19.3 Å². The summed E-state index contributed by atoms with van der Waals surface area (Å²) < 4.78 is 5.32. The summed E-state index contributed by atoms with van der Waals surface area (Å²) in [5, 5.41) is 11.7. The largest absolute Gasteiger partial charge is 0.491 e. The highest BCUT2D eigenvalue weighted by molar-refractivity contribution is 5.95. The van der Waals surface area contributed by atoms with Crippen molar-refractivity contribution in [2.45, 2.75) is 26.3 Å². The average Bonchev–Trinajstić information content (AvgIpc) is 2.36. The summed E-state index contributed by atoms with van der Waals surface area (Å²) >= 11 is 0. The van der Waals surface area contributed by atoms with Gasteiger partial charge in [-0.25, -0.2) is 4.98 Å². The van der Waals surface area contributed by atoms with Gasteiger partial charge in [-0.15, -0.1) is 0 Å². The molecule has 0 aliphatic carbocycles. The molecule has 5 nitrogen and oxygen atoms in total. The molecule has 0 aromatic carbocycles. The number of carbonyl (C=O) groups excluding carboxylic acids is 1. The van der Waals surface area contributed by atoms with Crippen molar-refractivity contribution in [3.8, 4) is 5.75 Å². The van der Waals surface area contributed by atoms with E-state index in [-0.39, 0.29) is 24.2 Å². The number of ether oxygens (including phenoxy) is 1. The number of nitrogens with one attached hydrogen (secondary N) is 1. The van der Waals surface area contributed by atoms with Crippen molar-refractivity contribution in [2.75, 3.05) is 13.2 Å². The second-order valence-corrected chi connectivity index (χ2v) is 3.54. The molecule has 94 valence electrons. The van der Waals surface area contributed by atoms with Crippen LogP contribution in [0.25, 0.3) is 0 Å². The van der Waals surface area contributed by atoms with Crippen LogP contribution in [0.15, 0.2) is 18.3 Å². The standard InChI is InChI=1S/C12H18N2O3/c1-3-9(8-15)14-12(16)11-10(17-4-2)6-5-7-13-11/h5-7,9,15H,3-4,8H2,1-2H3,(H,14,16). The van der Waals surface area contributed by atoms with Gasteiger partial charge in [-0.3, -0.25) is 4.79 Å². The highest BCUT2D eigenvalue weighted by Crippen LogP contribution is 2.15. The molecule has 0 saturated carbocycles. The van der Waals surface area contributed by atoms with Crippen LogP contribution in [-0.2, 0) is 0 Å². The second-order valence-electron chi connectivity index (χ2n) is 3.54. The Bertz CT molecular complexity index is 365. The number of pyridine rings is 1. The van der Waals surface area contributed by atoms with Crippen LogP contribution in [0, 0.1) is 0 Å². The van der Waals surface area contributed by atoms with Crippen LogP contribution in [0.1, 0.15) is 30.8 Å². The molecule has 17 heavy (non-hydrogen) atoms. The maximum atomic E-state index is 11.9. The van der Waals surface area contributed by atoms with Gasteiger partial charge >= 0.3 is 0 Å². The third-order valence-corrected chi connectivity index (χ3v) is 2.33. The highest BCUT2D eigenvalue weighted by Gasteiger charge is 2.16. The maximum Gasteiger partial charge on any atom is 0.274 e. The Kier molecular flexibility index (Phi) is 5.42. The third-order valence-electron chi connectivity index (χ3n) is 2.33. The molecule has 1 aromatic heterocycles. The molecule has 1 heterocycles. The van der Waals surface area contributed by atoms with Crippen LogP contribution in [-0.4, -0.2) is 35.3 Å². The normalized spacial score (nSPS) is 11.9. The van der Waals surface area contributed by atoms with Crippen molar-refractivity contribution in [1.82, 2.24) is 10.3 Å². The second kappa shape index (κ2) is 6.85. The fourth-order valence-corrected chi connectivity index (χ4v) is 1.36. The van der Waals surface area contributed by atoms with Gasteiger partial charge in [0.2, 0.25) is 0 Å². The molecule has 0 saturated heterocycles. The van der Waals surface area contributed by atoms with E-state index >= 15 is 0 Å². The van der Waals surface area contributed by atoms with E-state index in [9.17, 15) is 4.79 Å². The first-order valence-electron chi connectivity index (χ1n) is 5.72. The zero-order valence-corrected chi connectivity index (χ0v) is 10.1. The summed E-state index contributed by atoms with van der Waals surface area (Å²) in [5.41, 5.74) is 0.251. The fourth-order valence-electron chi connectivity index (χ4n) is 1.36. The predicted octanol–water partition coefficient (Wildman–Crippen LogP) is 0.981. The summed E-state index contributed by atoms with van der Waals surface area (Å²) in [4.78, 5) is 15.9. The van der Waals surface area contributed by atoms with E-state index in [1.807, 2.05) is 13.8 Å². The van der Waals surface area contributed by atoms with Crippen LogP contribution in [0.5, 0.6) is 5.75 Å². The van der Waals surface area contributed by atoms with Crippen molar-refractivity contribution >= 4 is 5.91 Å². The van der Waals surface area contributed by atoms with E-state index < -0.39 is 0 Å². The van der Waals surface area contributed by atoms with Crippen LogP contribution < -0.4 is 10.1 Å². The fraction of sp³-hybridized carbons (Fsp3) is 0.500. The third kappa shape index (κ3) is 3.71. The van der Waals surface area contributed by atoms with Gasteiger partial charge in [0.25, 0.3) is 5.91 Å². The van der Waals surface area contributed by atoms with E-state index in [1.54, 1.807) is 12.1 Å². The zero-order valence-electron chi connectivity index (χ0n) is 10.1. The summed E-state index contributed by atoms with van der Waals surface area (Å²) in [6, 6.07) is 3.16. The van der Waals surface area contributed by atoms with Crippen LogP contribution in [0.4, 0.5) is 0 Å². The smallest absolute Gasteiger partial charge is 0.274 e. The Morgan fingerprint density at radius 1 is 1.59 bits per heavy atom. The Labute approximate surface area is 101 Å². The van der Waals surface area contributed by atoms with Gasteiger partial charge in [-0.05, 0) is 25.5 Å². The van der Waals surface area contributed by atoms with Crippen LogP contribution >= 0.6 is 0 Å². The Hall–Kier alpha value is -1.62. The molecular weight excluding hydrogens is 220 g/mol. The molecule has 0 aliphatic heterocycles. The van der Waals surface area contributed by atoms with E-state index in [1.165, 1.54) is 6.20 Å². The molecule has 0 spiro atoms. The summed E-state index contributed by atoms with van der Waals surface area (Å²) in [6.45, 7) is 4.13. The lowest BCUT2D eigenvalue weighted by Crippen LogP contribution is -2.37. The number of amides is 1. The summed E-state index contributed by atoms with van der Waals surface area (Å²) in [5.74, 6) is 0.134. The number of aromatic nitrogens is 1. The van der Waals surface area contributed by atoms with Gasteiger partial charge in [0.1, 0.15) is 0 Å². The van der Waals surface area contributed by atoms with E-state index in [2.05, 4.69) is 10.3 Å². The Morgan fingerprint density at radius 2 is 2.35 bits per heavy atom. The van der Waals surface area contributed by atoms with Crippen molar-refractivity contribution in [3.63, 3.8) is 0 Å². The molecule has 1 unspecified atom stereocenters. The van der Waals surface area contributed by atoms with Crippen molar-refractivity contribution in [3.05, 3.63) is 24.0 Å². The number of aliphatic hydroxyl groups is 1. The molecule has 1 rings (SSSR count). The lowest BCUT2D eigenvalue weighted by atomic mass is 10.2. The predicted molar refractivity (Wildman–Crippen MR) is 64.0 cm³/mol. The van der Waals surface area contributed by atoms with Crippen molar-refractivity contribution in [2.24, 2.45) is 0 Å². The molecular formula is C12H18N2O3. The topological polar surface area (TPSA) is 71.5 Å². The minimum absolute atomic E-state index is 0.0843. The molecule has 1 amide bonds. The molecule has 1 aromatic rings. The van der Waals surface area contributed by atoms with Crippen molar-refractivity contribution < 1.29 is 14.6 Å². The van der Waals surface area contributed by atoms with Gasteiger partial charge in [-0.1, -0.05) is 6.92 Å². The van der Waals surface area contributed by atoms with E-state index in [4.69, 9.17) is 9.84 Å². The lowest BCUT2D eigenvalue weighted by molar-refractivity contribution is 0.0905. The molecule has 0 radical (unpaired) electrons. The number of rotatable bonds is 6. The van der Waals surface area contributed by atoms with Crippen molar-refractivity contribution in [1.29, 1.82) is 0 Å². The molecule has 0 aliphatic rings. The lowest BCUT2D eigenvalue weighted by Gasteiger charge is -2.15. The quantitative estimate of drug-likeness (QED) is 0.775. The van der Waals surface area contributed by atoms with E-state index in [0.29, 0.717) is 18.8 Å². The molecule has 2 N–H and O–H groups in total. The minimum Gasteiger partial charge on any atom is -0.491 e. The first kappa shape index (κ1) is 13.4. The number of aliphatic hydroxyl groups excluding tert-OH is 1. The van der Waals surface area contributed by atoms with Gasteiger partial charge in [0, 0.05) is 6.20 Å². The summed E-state index contributed by atoms with van der Waals surface area (Å²) in [6.07, 6.45) is 2.20. The van der Waals surface area contributed by atoms with E-state index in [0.717, 1.165) is 0 Å². The van der Waals surface area contributed by atoms with Crippen LogP contribution in [0.2, 0.25) is 0 Å². The monoisotopic (exact) mass is 238 g/mol. The maximum absolute atomic E-state index is 11.9. The SMILES string of the molecule is CCOc1cccnc1C(=O)NC(CC)CO. The first-order chi connectivity index (χ1) is 8.22. The molecule has 1 atom stereocenters. The molecule has 5 heteroatoms. The van der Waals surface area contributed by atoms with Gasteiger partial charge in [0.15, 0.2) is 11.4 Å². The summed E-state index contributed by atoms with van der Waals surface area (Å²) in [7, 11) is 0. The zero-order chi connectivity index (χ0) is 12.7. The van der Waals surface area contributed by atoms with Gasteiger partial charge in [-0.2, -0.15) is 0 Å². The number of nitrogens with zero attached hydrogens (tertiary/aromatic N) is 1. The molecule has 0 bridgehead atoms. The Morgan fingerprint density at radius 3 is 2.94 bits per heavy atom. The number of carbonyl (C=O) groups is 1. The minimum atomic E-state index is -0.324. The Balaban J connectivity index is 2.80. The van der Waals surface area contributed by atoms with Crippen LogP contribution in [0.3, 0.4) is 0 Å². The first-order valence-corrected chi connectivity index (χ1v) is 5.72. The van der Waals surface area contributed by atoms with Gasteiger partial charge < -0.3 is 15.2 Å². The highest BCUT2D eigenvalue weighted by atomic mass is 16.5. The number of hydrogen-bond donors (Lipinski definition) is 2. The molecule has 0 fully saturated rings. The number of hydrogen-bond acceptors (Lipinski definition) is 4. The average molecular weight is 238 g/mol.